The maximum atomic E-state index is 5.94. The Balaban J connectivity index is 2.34. The first-order valence-corrected chi connectivity index (χ1v) is 4.94. The molecule has 1 fully saturated rings. The Hall–Kier alpha value is -0.0400. The largest absolute Gasteiger partial charge is 0.328 e. The number of hydrogen-bond donors (Lipinski definition) is 1. The summed E-state index contributed by atoms with van der Waals surface area (Å²) >= 11 is 0. The Morgan fingerprint density at radius 3 is 2.45 bits per heavy atom. The van der Waals surface area contributed by atoms with E-state index in [1.165, 1.54) is 32.1 Å². The van der Waals surface area contributed by atoms with Gasteiger partial charge in [0.25, 0.3) is 0 Å². The average Bonchev–Trinajstić information content (AvgIpc) is 1.83. The SMILES string of the molecule is CC1CCCC(N)CC(C)C1. The van der Waals surface area contributed by atoms with Crippen LogP contribution in [-0.2, 0) is 0 Å². The Kier molecular flexibility index (Phi) is 3.38. The van der Waals surface area contributed by atoms with Gasteiger partial charge in [0.05, 0.1) is 0 Å². The van der Waals surface area contributed by atoms with Gasteiger partial charge in [-0.2, -0.15) is 0 Å². The molecule has 1 rings (SSSR count). The summed E-state index contributed by atoms with van der Waals surface area (Å²) in [6.45, 7) is 4.70. The minimum absolute atomic E-state index is 0.484. The van der Waals surface area contributed by atoms with E-state index in [1.807, 2.05) is 0 Å². The molecule has 0 aromatic rings. The van der Waals surface area contributed by atoms with Gasteiger partial charge >= 0.3 is 0 Å². The normalized spacial score (nSPS) is 41.2. The molecule has 1 aliphatic carbocycles. The second-order valence-corrected chi connectivity index (χ2v) is 4.37. The Bertz CT molecular complexity index is 99.4. The van der Waals surface area contributed by atoms with Crippen molar-refractivity contribution in [2.75, 3.05) is 0 Å². The molecule has 0 spiro atoms. The molecule has 0 saturated heterocycles. The Morgan fingerprint density at radius 1 is 1.00 bits per heavy atom. The molecule has 1 heteroatoms. The molecular formula is C10H21N. The molecule has 0 aromatic heterocycles. The average molecular weight is 155 g/mol. The predicted octanol–water partition coefficient (Wildman–Crippen LogP) is 2.55. The van der Waals surface area contributed by atoms with E-state index < -0.39 is 0 Å². The fraction of sp³-hybridized carbons (Fsp3) is 1.00. The highest BCUT2D eigenvalue weighted by Crippen LogP contribution is 2.25. The van der Waals surface area contributed by atoms with Crippen LogP contribution in [0.2, 0.25) is 0 Å². The summed E-state index contributed by atoms with van der Waals surface area (Å²) in [5.74, 6) is 1.78. The molecule has 1 saturated carbocycles. The molecule has 0 aliphatic heterocycles. The van der Waals surface area contributed by atoms with Gasteiger partial charge in [-0.1, -0.05) is 26.7 Å². The molecule has 3 unspecified atom stereocenters. The Morgan fingerprint density at radius 2 is 1.73 bits per heavy atom. The van der Waals surface area contributed by atoms with E-state index in [2.05, 4.69) is 13.8 Å². The van der Waals surface area contributed by atoms with Crippen molar-refractivity contribution < 1.29 is 0 Å². The number of hydrogen-bond acceptors (Lipinski definition) is 1. The third-order valence-corrected chi connectivity index (χ3v) is 2.78. The summed E-state index contributed by atoms with van der Waals surface area (Å²) in [7, 11) is 0. The lowest BCUT2D eigenvalue weighted by molar-refractivity contribution is 0.307. The van der Waals surface area contributed by atoms with E-state index in [-0.39, 0.29) is 0 Å². The van der Waals surface area contributed by atoms with Gasteiger partial charge in [0.15, 0.2) is 0 Å². The topological polar surface area (TPSA) is 26.0 Å². The third-order valence-electron chi connectivity index (χ3n) is 2.78. The molecule has 0 amide bonds. The van der Waals surface area contributed by atoms with Gasteiger partial charge in [-0.25, -0.2) is 0 Å². The van der Waals surface area contributed by atoms with E-state index in [0.29, 0.717) is 6.04 Å². The van der Waals surface area contributed by atoms with Gasteiger partial charge < -0.3 is 5.73 Å². The lowest BCUT2D eigenvalue weighted by atomic mass is 9.84. The van der Waals surface area contributed by atoms with Crippen LogP contribution in [0.25, 0.3) is 0 Å². The van der Waals surface area contributed by atoms with Crippen LogP contribution >= 0.6 is 0 Å². The zero-order valence-corrected chi connectivity index (χ0v) is 7.84. The van der Waals surface area contributed by atoms with Crippen molar-refractivity contribution in [3.63, 3.8) is 0 Å². The maximum Gasteiger partial charge on any atom is 0.00413 e. The van der Waals surface area contributed by atoms with E-state index in [4.69, 9.17) is 5.73 Å². The highest BCUT2D eigenvalue weighted by Gasteiger charge is 2.16. The van der Waals surface area contributed by atoms with E-state index in [9.17, 15) is 0 Å². The number of nitrogens with two attached hydrogens (primary N) is 1. The van der Waals surface area contributed by atoms with Gasteiger partial charge in [-0.05, 0) is 31.1 Å². The molecule has 1 aliphatic rings. The summed E-state index contributed by atoms with van der Waals surface area (Å²) in [5.41, 5.74) is 5.94. The van der Waals surface area contributed by atoms with Crippen LogP contribution in [-0.4, -0.2) is 6.04 Å². The quantitative estimate of drug-likeness (QED) is 0.571. The third kappa shape index (κ3) is 3.24. The van der Waals surface area contributed by atoms with E-state index >= 15 is 0 Å². The first-order valence-electron chi connectivity index (χ1n) is 4.94. The van der Waals surface area contributed by atoms with Crippen molar-refractivity contribution in [2.45, 2.75) is 52.0 Å². The van der Waals surface area contributed by atoms with Crippen LogP contribution in [0.1, 0.15) is 46.0 Å². The molecule has 66 valence electrons. The van der Waals surface area contributed by atoms with Crippen LogP contribution in [0, 0.1) is 11.8 Å². The van der Waals surface area contributed by atoms with Gasteiger partial charge in [0, 0.05) is 6.04 Å². The van der Waals surface area contributed by atoms with Crippen LogP contribution in [0.5, 0.6) is 0 Å². The zero-order valence-electron chi connectivity index (χ0n) is 7.84. The highest BCUT2D eigenvalue weighted by atomic mass is 14.6. The summed E-state index contributed by atoms with van der Waals surface area (Å²) in [6.07, 6.45) is 6.60. The smallest absolute Gasteiger partial charge is 0.00413 e. The molecular weight excluding hydrogens is 134 g/mol. The van der Waals surface area contributed by atoms with Crippen molar-refractivity contribution >= 4 is 0 Å². The molecule has 0 heterocycles. The van der Waals surface area contributed by atoms with Crippen LogP contribution in [0.15, 0.2) is 0 Å². The van der Waals surface area contributed by atoms with Crippen molar-refractivity contribution in [3.8, 4) is 0 Å². The highest BCUT2D eigenvalue weighted by molar-refractivity contribution is 4.71. The monoisotopic (exact) mass is 155 g/mol. The van der Waals surface area contributed by atoms with Gasteiger partial charge in [-0.3, -0.25) is 0 Å². The van der Waals surface area contributed by atoms with Gasteiger partial charge in [0.2, 0.25) is 0 Å². The molecule has 1 nitrogen and oxygen atoms in total. The summed E-state index contributed by atoms with van der Waals surface area (Å²) in [5, 5.41) is 0. The summed E-state index contributed by atoms with van der Waals surface area (Å²) in [4.78, 5) is 0. The first kappa shape index (κ1) is 9.05. The summed E-state index contributed by atoms with van der Waals surface area (Å²) in [6, 6.07) is 0.484. The molecule has 3 atom stereocenters. The minimum atomic E-state index is 0.484. The van der Waals surface area contributed by atoms with Crippen molar-refractivity contribution in [1.82, 2.24) is 0 Å². The van der Waals surface area contributed by atoms with Gasteiger partial charge in [0.1, 0.15) is 0 Å². The molecule has 11 heavy (non-hydrogen) atoms. The van der Waals surface area contributed by atoms with Crippen LogP contribution in [0.3, 0.4) is 0 Å². The van der Waals surface area contributed by atoms with Crippen molar-refractivity contribution in [2.24, 2.45) is 17.6 Å². The lowest BCUT2D eigenvalue weighted by Gasteiger charge is -2.24. The van der Waals surface area contributed by atoms with Crippen LogP contribution < -0.4 is 5.73 Å². The molecule has 2 N–H and O–H groups in total. The second-order valence-electron chi connectivity index (χ2n) is 4.37. The van der Waals surface area contributed by atoms with E-state index in [1.54, 1.807) is 0 Å². The number of rotatable bonds is 0. The van der Waals surface area contributed by atoms with Crippen molar-refractivity contribution in [3.05, 3.63) is 0 Å². The Labute approximate surface area is 70.4 Å². The van der Waals surface area contributed by atoms with Crippen molar-refractivity contribution in [1.29, 1.82) is 0 Å². The second kappa shape index (κ2) is 4.10. The predicted molar refractivity (Wildman–Crippen MR) is 49.4 cm³/mol. The molecule has 0 bridgehead atoms. The summed E-state index contributed by atoms with van der Waals surface area (Å²) < 4.78 is 0. The lowest BCUT2D eigenvalue weighted by Crippen LogP contribution is -2.25. The first-order chi connectivity index (χ1) is 5.18. The van der Waals surface area contributed by atoms with Crippen LogP contribution in [0.4, 0.5) is 0 Å². The zero-order chi connectivity index (χ0) is 8.27. The minimum Gasteiger partial charge on any atom is -0.328 e. The van der Waals surface area contributed by atoms with E-state index in [0.717, 1.165) is 11.8 Å². The maximum absolute atomic E-state index is 5.94. The van der Waals surface area contributed by atoms with Gasteiger partial charge in [-0.15, -0.1) is 0 Å². The molecule has 0 aromatic carbocycles. The fourth-order valence-corrected chi connectivity index (χ4v) is 2.26. The molecule has 0 radical (unpaired) electrons. The standard InChI is InChI=1S/C10H21N/c1-8-4-3-5-10(11)7-9(2)6-8/h8-10H,3-7,11H2,1-2H3. The fourth-order valence-electron chi connectivity index (χ4n) is 2.26.